The zero-order valence-corrected chi connectivity index (χ0v) is 15.2. The lowest BCUT2D eigenvalue weighted by Gasteiger charge is -2.34. The molecule has 0 radical (unpaired) electrons. The molecule has 0 aliphatic heterocycles. The monoisotopic (exact) mass is 349 g/mol. The molecule has 1 heterocycles. The number of hydrogen-bond donors (Lipinski definition) is 1. The van der Waals surface area contributed by atoms with Crippen LogP contribution in [0.5, 0.6) is 0 Å². The van der Waals surface area contributed by atoms with Crippen LogP contribution in [0.4, 0.5) is 0 Å². The minimum Gasteiger partial charge on any atom is -0.451 e. The van der Waals surface area contributed by atoms with Crippen molar-refractivity contribution >= 4 is 11.9 Å². The van der Waals surface area contributed by atoms with Crippen molar-refractivity contribution < 1.29 is 14.3 Å². The Balaban J connectivity index is 1.88. The van der Waals surface area contributed by atoms with Gasteiger partial charge in [0.15, 0.2) is 12.3 Å². The first-order chi connectivity index (χ1) is 11.9. The smallest absolute Gasteiger partial charge is 0.359 e. The number of carbonyl (C=O) groups excluding carboxylic acids is 2. The molecule has 7 heteroatoms. The molecule has 1 amide bonds. The Bertz CT molecular complexity index is 671. The van der Waals surface area contributed by atoms with Crippen LogP contribution in [0.15, 0.2) is 16.9 Å². The van der Waals surface area contributed by atoms with Gasteiger partial charge >= 0.3 is 5.97 Å². The van der Waals surface area contributed by atoms with Crippen LogP contribution in [0.2, 0.25) is 0 Å². The minimum absolute atomic E-state index is 0.0282. The maximum atomic E-state index is 12.1. The number of nitrogens with one attached hydrogen (secondary N) is 1. The summed E-state index contributed by atoms with van der Waals surface area (Å²) in [5, 5.41) is 6.93. The standard InChI is InChI=1S/C18H27N3O4/c1-4-10-21-17(23)9-8-15(20-21)18(24)25-11-16(22)19-14-7-5-6-12(2)13(14)3/h8-9,12-14H,4-7,10-11H2,1-3H3,(H,19,22). The van der Waals surface area contributed by atoms with Gasteiger partial charge in [-0.1, -0.05) is 33.6 Å². The molecule has 1 N–H and O–H groups in total. The summed E-state index contributed by atoms with van der Waals surface area (Å²) in [4.78, 5) is 35.7. The van der Waals surface area contributed by atoms with E-state index in [1.54, 1.807) is 0 Å². The van der Waals surface area contributed by atoms with Gasteiger partial charge in [-0.25, -0.2) is 9.48 Å². The summed E-state index contributed by atoms with van der Waals surface area (Å²) in [6, 6.07) is 2.73. The van der Waals surface area contributed by atoms with E-state index in [1.165, 1.54) is 23.2 Å². The molecular weight excluding hydrogens is 322 g/mol. The van der Waals surface area contributed by atoms with E-state index in [9.17, 15) is 14.4 Å². The van der Waals surface area contributed by atoms with Gasteiger partial charge in [-0.3, -0.25) is 9.59 Å². The molecule has 1 aliphatic rings. The Morgan fingerprint density at radius 3 is 2.80 bits per heavy atom. The molecule has 3 atom stereocenters. The number of amides is 1. The molecule has 1 saturated carbocycles. The number of aromatic nitrogens is 2. The molecule has 0 spiro atoms. The van der Waals surface area contributed by atoms with Gasteiger partial charge in [-0.15, -0.1) is 0 Å². The van der Waals surface area contributed by atoms with Gasteiger partial charge in [0.25, 0.3) is 11.5 Å². The van der Waals surface area contributed by atoms with Crippen molar-refractivity contribution in [3.63, 3.8) is 0 Å². The number of aryl methyl sites for hydroxylation is 1. The van der Waals surface area contributed by atoms with Crippen molar-refractivity contribution in [3.05, 3.63) is 28.2 Å². The predicted molar refractivity (Wildman–Crippen MR) is 93.2 cm³/mol. The van der Waals surface area contributed by atoms with E-state index in [0.717, 1.165) is 19.3 Å². The molecule has 2 rings (SSSR count). The van der Waals surface area contributed by atoms with E-state index in [4.69, 9.17) is 4.74 Å². The van der Waals surface area contributed by atoms with E-state index in [1.807, 2.05) is 6.92 Å². The van der Waals surface area contributed by atoms with Gasteiger partial charge in [0.1, 0.15) is 0 Å². The number of carbonyl (C=O) groups is 2. The second-order valence-electron chi connectivity index (χ2n) is 6.80. The van der Waals surface area contributed by atoms with Crippen molar-refractivity contribution in [2.24, 2.45) is 11.8 Å². The highest BCUT2D eigenvalue weighted by Gasteiger charge is 2.28. The van der Waals surface area contributed by atoms with Gasteiger partial charge in [0.2, 0.25) is 0 Å². The van der Waals surface area contributed by atoms with Crippen molar-refractivity contribution in [1.82, 2.24) is 15.1 Å². The first-order valence-electron chi connectivity index (χ1n) is 8.97. The van der Waals surface area contributed by atoms with Crippen LogP contribution >= 0.6 is 0 Å². The highest BCUT2D eigenvalue weighted by molar-refractivity contribution is 5.89. The van der Waals surface area contributed by atoms with Crippen LogP contribution in [-0.2, 0) is 16.1 Å². The third kappa shape index (κ3) is 5.14. The maximum Gasteiger partial charge on any atom is 0.359 e. The topological polar surface area (TPSA) is 90.3 Å². The molecule has 0 aromatic carbocycles. The summed E-state index contributed by atoms with van der Waals surface area (Å²) in [7, 11) is 0. The van der Waals surface area contributed by atoms with Crippen LogP contribution < -0.4 is 10.9 Å². The van der Waals surface area contributed by atoms with Crippen molar-refractivity contribution in [2.45, 2.75) is 59.0 Å². The highest BCUT2D eigenvalue weighted by atomic mass is 16.5. The molecule has 0 bridgehead atoms. The lowest BCUT2D eigenvalue weighted by Crippen LogP contribution is -2.45. The summed E-state index contributed by atoms with van der Waals surface area (Å²) < 4.78 is 6.26. The molecule has 25 heavy (non-hydrogen) atoms. The fraction of sp³-hybridized carbons (Fsp3) is 0.667. The molecule has 1 aromatic rings. The van der Waals surface area contributed by atoms with Gasteiger partial charge in [0, 0.05) is 18.7 Å². The van der Waals surface area contributed by atoms with E-state index in [0.29, 0.717) is 18.4 Å². The molecule has 1 aliphatic carbocycles. The Hall–Kier alpha value is -2.18. The van der Waals surface area contributed by atoms with Crippen molar-refractivity contribution in [3.8, 4) is 0 Å². The van der Waals surface area contributed by atoms with E-state index >= 15 is 0 Å². The number of ether oxygens (including phenoxy) is 1. The van der Waals surface area contributed by atoms with Crippen LogP contribution in [0.1, 0.15) is 56.9 Å². The molecule has 3 unspecified atom stereocenters. The molecule has 138 valence electrons. The Kier molecular flexibility index (Phi) is 6.73. The zero-order valence-electron chi connectivity index (χ0n) is 15.2. The summed E-state index contributed by atoms with van der Waals surface area (Å²) in [6.45, 7) is 6.33. The summed E-state index contributed by atoms with van der Waals surface area (Å²) in [6.07, 6.45) is 3.96. The SMILES string of the molecule is CCCn1nc(C(=O)OCC(=O)NC2CCCC(C)C2C)ccc1=O. The van der Waals surface area contributed by atoms with Gasteiger partial charge in [0.05, 0.1) is 0 Å². The number of esters is 1. The summed E-state index contributed by atoms with van der Waals surface area (Å²) in [5.74, 6) is -0.0238. The quantitative estimate of drug-likeness (QED) is 0.790. The highest BCUT2D eigenvalue weighted by Crippen LogP contribution is 2.29. The van der Waals surface area contributed by atoms with Crippen molar-refractivity contribution in [1.29, 1.82) is 0 Å². The average molecular weight is 349 g/mol. The van der Waals surface area contributed by atoms with E-state index in [-0.39, 0.29) is 29.8 Å². The lowest BCUT2D eigenvalue weighted by molar-refractivity contribution is -0.125. The van der Waals surface area contributed by atoms with Gasteiger partial charge in [-0.05, 0) is 30.7 Å². The Morgan fingerprint density at radius 2 is 2.08 bits per heavy atom. The minimum atomic E-state index is -0.704. The predicted octanol–water partition coefficient (Wildman–Crippen LogP) is 1.75. The normalized spacial score (nSPS) is 23.1. The number of nitrogens with zero attached hydrogens (tertiary/aromatic N) is 2. The number of rotatable bonds is 6. The fourth-order valence-corrected chi connectivity index (χ4v) is 3.17. The maximum absolute atomic E-state index is 12.1. The molecule has 1 aromatic heterocycles. The van der Waals surface area contributed by atoms with E-state index < -0.39 is 5.97 Å². The second kappa shape index (κ2) is 8.78. The first kappa shape index (κ1) is 19.1. The molecule has 0 saturated heterocycles. The summed E-state index contributed by atoms with van der Waals surface area (Å²) in [5.41, 5.74) is -0.239. The first-order valence-corrected chi connectivity index (χ1v) is 8.97. The van der Waals surface area contributed by atoms with E-state index in [2.05, 4.69) is 24.3 Å². The Morgan fingerprint density at radius 1 is 1.32 bits per heavy atom. The third-order valence-electron chi connectivity index (χ3n) is 4.90. The largest absolute Gasteiger partial charge is 0.451 e. The number of hydrogen-bond acceptors (Lipinski definition) is 5. The van der Waals surface area contributed by atoms with Crippen molar-refractivity contribution in [2.75, 3.05) is 6.61 Å². The molecule has 1 fully saturated rings. The van der Waals surface area contributed by atoms with Crippen LogP contribution in [0.25, 0.3) is 0 Å². The van der Waals surface area contributed by atoms with Gasteiger partial charge < -0.3 is 10.1 Å². The average Bonchev–Trinajstić information content (AvgIpc) is 2.59. The van der Waals surface area contributed by atoms with Crippen LogP contribution in [0, 0.1) is 11.8 Å². The fourth-order valence-electron chi connectivity index (χ4n) is 3.17. The molecular formula is C18H27N3O4. The Labute approximate surface area is 147 Å². The molecule has 7 nitrogen and oxygen atoms in total. The van der Waals surface area contributed by atoms with Gasteiger partial charge in [-0.2, -0.15) is 5.10 Å². The second-order valence-corrected chi connectivity index (χ2v) is 6.80. The van der Waals surface area contributed by atoms with Crippen LogP contribution in [-0.4, -0.2) is 34.3 Å². The summed E-state index contributed by atoms with van der Waals surface area (Å²) >= 11 is 0. The lowest BCUT2D eigenvalue weighted by atomic mass is 9.78. The van der Waals surface area contributed by atoms with Crippen LogP contribution in [0.3, 0.4) is 0 Å². The third-order valence-corrected chi connectivity index (χ3v) is 4.90. The zero-order chi connectivity index (χ0) is 18.4.